The number of pyridine rings is 1. The molecule has 0 aliphatic heterocycles. The largest absolute Gasteiger partial charge is 0.309 e. The summed E-state index contributed by atoms with van der Waals surface area (Å²) >= 11 is 3.25. The molecule has 4 heteroatoms. The molecule has 106 valence electrons. The van der Waals surface area contributed by atoms with Crippen molar-refractivity contribution in [3.8, 4) is 0 Å². The van der Waals surface area contributed by atoms with Crippen LogP contribution in [0.2, 0.25) is 0 Å². The number of fused-ring (bicyclic) bond motifs is 1. The van der Waals surface area contributed by atoms with Crippen molar-refractivity contribution in [2.45, 2.75) is 6.04 Å². The van der Waals surface area contributed by atoms with Crippen LogP contribution in [0.3, 0.4) is 0 Å². The molecule has 0 aliphatic rings. The molecule has 0 amide bonds. The van der Waals surface area contributed by atoms with Gasteiger partial charge in [-0.05, 0) is 51.6 Å². The average Bonchev–Trinajstić information content (AvgIpc) is 2.52. The van der Waals surface area contributed by atoms with Crippen molar-refractivity contribution < 1.29 is 4.39 Å². The Hall–Kier alpha value is -1.78. The lowest BCUT2D eigenvalue weighted by atomic mass is 9.96. The minimum atomic E-state index is -0.260. The SMILES string of the molecule is CNC(c1ccc(F)c(Br)c1)c1cncc2ccccc12. The lowest BCUT2D eigenvalue weighted by Gasteiger charge is -2.19. The van der Waals surface area contributed by atoms with Gasteiger partial charge in [0.15, 0.2) is 0 Å². The van der Waals surface area contributed by atoms with Gasteiger partial charge in [0, 0.05) is 17.8 Å². The van der Waals surface area contributed by atoms with Crippen LogP contribution in [-0.4, -0.2) is 12.0 Å². The van der Waals surface area contributed by atoms with E-state index in [2.05, 4.69) is 32.3 Å². The summed E-state index contributed by atoms with van der Waals surface area (Å²) in [6, 6.07) is 13.2. The van der Waals surface area contributed by atoms with Crippen LogP contribution in [0, 0.1) is 5.82 Å². The molecule has 0 fully saturated rings. The molecule has 1 N–H and O–H groups in total. The molecule has 1 heterocycles. The standard InChI is InChI=1S/C17H14BrFN2/c1-20-17(11-6-7-16(19)15(18)8-11)14-10-21-9-12-4-2-3-5-13(12)14/h2-10,17,20H,1H3. The van der Waals surface area contributed by atoms with Gasteiger partial charge in [-0.2, -0.15) is 0 Å². The van der Waals surface area contributed by atoms with Gasteiger partial charge in [0.1, 0.15) is 5.82 Å². The molecule has 3 rings (SSSR count). The van der Waals surface area contributed by atoms with Gasteiger partial charge in [-0.1, -0.05) is 30.3 Å². The Labute approximate surface area is 131 Å². The van der Waals surface area contributed by atoms with Crippen molar-refractivity contribution in [2.24, 2.45) is 0 Å². The normalized spacial score (nSPS) is 12.5. The number of hydrogen-bond donors (Lipinski definition) is 1. The maximum atomic E-state index is 13.4. The second-order valence-corrected chi connectivity index (χ2v) is 5.70. The summed E-state index contributed by atoms with van der Waals surface area (Å²) < 4.78 is 13.9. The minimum Gasteiger partial charge on any atom is -0.309 e. The summed E-state index contributed by atoms with van der Waals surface area (Å²) in [7, 11) is 1.89. The Kier molecular flexibility index (Phi) is 3.99. The van der Waals surface area contributed by atoms with Crippen LogP contribution in [0.1, 0.15) is 17.2 Å². The average molecular weight is 345 g/mol. The van der Waals surface area contributed by atoms with E-state index in [0.29, 0.717) is 4.47 Å². The van der Waals surface area contributed by atoms with E-state index in [0.717, 1.165) is 21.9 Å². The summed E-state index contributed by atoms with van der Waals surface area (Å²) in [5, 5.41) is 5.53. The highest BCUT2D eigenvalue weighted by Gasteiger charge is 2.16. The van der Waals surface area contributed by atoms with E-state index in [1.54, 1.807) is 12.1 Å². The van der Waals surface area contributed by atoms with E-state index in [1.807, 2.05) is 37.6 Å². The van der Waals surface area contributed by atoms with Gasteiger partial charge in [0.05, 0.1) is 10.5 Å². The van der Waals surface area contributed by atoms with Crippen molar-refractivity contribution in [1.29, 1.82) is 0 Å². The van der Waals surface area contributed by atoms with Crippen molar-refractivity contribution in [3.05, 3.63) is 76.3 Å². The van der Waals surface area contributed by atoms with E-state index < -0.39 is 0 Å². The zero-order valence-electron chi connectivity index (χ0n) is 11.5. The molecular weight excluding hydrogens is 331 g/mol. The zero-order valence-corrected chi connectivity index (χ0v) is 13.1. The molecule has 1 aromatic heterocycles. The molecule has 1 atom stereocenters. The van der Waals surface area contributed by atoms with Crippen LogP contribution < -0.4 is 5.32 Å². The number of benzene rings is 2. The molecule has 0 spiro atoms. The quantitative estimate of drug-likeness (QED) is 0.759. The molecule has 0 radical (unpaired) electrons. The Morgan fingerprint density at radius 3 is 2.71 bits per heavy atom. The van der Waals surface area contributed by atoms with E-state index in [4.69, 9.17) is 0 Å². The van der Waals surface area contributed by atoms with E-state index >= 15 is 0 Å². The summed E-state index contributed by atoms with van der Waals surface area (Å²) in [6.07, 6.45) is 3.72. The summed E-state index contributed by atoms with van der Waals surface area (Å²) in [5.74, 6) is -0.260. The highest BCUT2D eigenvalue weighted by Crippen LogP contribution is 2.30. The van der Waals surface area contributed by atoms with Gasteiger partial charge < -0.3 is 5.32 Å². The van der Waals surface area contributed by atoms with Gasteiger partial charge in [0.25, 0.3) is 0 Å². The Morgan fingerprint density at radius 1 is 1.14 bits per heavy atom. The number of hydrogen-bond acceptors (Lipinski definition) is 2. The second kappa shape index (κ2) is 5.92. The van der Waals surface area contributed by atoms with E-state index in [-0.39, 0.29) is 11.9 Å². The van der Waals surface area contributed by atoms with E-state index in [1.165, 1.54) is 6.07 Å². The van der Waals surface area contributed by atoms with Crippen LogP contribution in [-0.2, 0) is 0 Å². The summed E-state index contributed by atoms with van der Waals surface area (Å²) in [4.78, 5) is 4.32. The topological polar surface area (TPSA) is 24.9 Å². The van der Waals surface area contributed by atoms with Gasteiger partial charge in [-0.15, -0.1) is 0 Å². The molecule has 2 nitrogen and oxygen atoms in total. The third-order valence-electron chi connectivity index (χ3n) is 3.58. The molecule has 0 aliphatic carbocycles. The number of nitrogens with one attached hydrogen (secondary N) is 1. The minimum absolute atomic E-state index is 0.0412. The fourth-order valence-electron chi connectivity index (χ4n) is 2.56. The molecule has 2 aromatic carbocycles. The van der Waals surface area contributed by atoms with Crippen LogP contribution in [0.25, 0.3) is 10.8 Å². The molecule has 21 heavy (non-hydrogen) atoms. The van der Waals surface area contributed by atoms with Crippen LogP contribution in [0.15, 0.2) is 59.3 Å². The first-order chi connectivity index (χ1) is 10.2. The number of nitrogens with zero attached hydrogens (tertiary/aromatic N) is 1. The molecule has 0 saturated heterocycles. The Bertz CT molecular complexity index is 783. The first-order valence-electron chi connectivity index (χ1n) is 6.65. The molecule has 3 aromatic rings. The Morgan fingerprint density at radius 2 is 1.95 bits per heavy atom. The first kappa shape index (κ1) is 14.2. The molecule has 0 bridgehead atoms. The Balaban J connectivity index is 2.16. The fraction of sp³-hybridized carbons (Fsp3) is 0.118. The monoisotopic (exact) mass is 344 g/mol. The third kappa shape index (κ3) is 2.69. The predicted molar refractivity (Wildman–Crippen MR) is 86.7 cm³/mol. The van der Waals surface area contributed by atoms with Gasteiger partial charge in [-0.25, -0.2) is 4.39 Å². The van der Waals surface area contributed by atoms with Gasteiger partial charge in [-0.3, -0.25) is 4.98 Å². The van der Waals surface area contributed by atoms with Crippen molar-refractivity contribution >= 4 is 26.7 Å². The molecular formula is C17H14BrFN2. The number of rotatable bonds is 3. The second-order valence-electron chi connectivity index (χ2n) is 4.85. The lowest BCUT2D eigenvalue weighted by Crippen LogP contribution is -2.18. The number of halogens is 2. The fourth-order valence-corrected chi connectivity index (χ4v) is 2.96. The van der Waals surface area contributed by atoms with Crippen molar-refractivity contribution in [2.75, 3.05) is 7.05 Å². The van der Waals surface area contributed by atoms with Gasteiger partial charge >= 0.3 is 0 Å². The number of aromatic nitrogens is 1. The molecule has 0 saturated carbocycles. The predicted octanol–water partition coefficient (Wildman–Crippen LogP) is 4.45. The smallest absolute Gasteiger partial charge is 0.137 e. The van der Waals surface area contributed by atoms with Crippen molar-refractivity contribution in [3.63, 3.8) is 0 Å². The maximum Gasteiger partial charge on any atom is 0.137 e. The third-order valence-corrected chi connectivity index (χ3v) is 4.18. The van der Waals surface area contributed by atoms with Crippen LogP contribution in [0.5, 0.6) is 0 Å². The van der Waals surface area contributed by atoms with Gasteiger partial charge in [0.2, 0.25) is 0 Å². The first-order valence-corrected chi connectivity index (χ1v) is 7.45. The summed E-state index contributed by atoms with van der Waals surface area (Å²) in [6.45, 7) is 0. The van der Waals surface area contributed by atoms with E-state index in [9.17, 15) is 4.39 Å². The lowest BCUT2D eigenvalue weighted by molar-refractivity contribution is 0.616. The van der Waals surface area contributed by atoms with Crippen LogP contribution >= 0.6 is 15.9 Å². The summed E-state index contributed by atoms with van der Waals surface area (Å²) in [5.41, 5.74) is 2.07. The van der Waals surface area contributed by atoms with Crippen molar-refractivity contribution in [1.82, 2.24) is 10.3 Å². The highest BCUT2D eigenvalue weighted by molar-refractivity contribution is 9.10. The maximum absolute atomic E-state index is 13.4. The highest BCUT2D eigenvalue weighted by atomic mass is 79.9. The zero-order chi connectivity index (χ0) is 14.8. The molecule has 1 unspecified atom stereocenters. The van der Waals surface area contributed by atoms with Crippen LogP contribution in [0.4, 0.5) is 4.39 Å².